The molecule has 346 valence electrons. The number of carbonyl (C=O) groups is 2. The molecule has 2 aromatic carbocycles. The number of carbonyl (C=O) groups excluding carboxylic acids is 2. The summed E-state index contributed by atoms with van der Waals surface area (Å²) >= 11 is 3.50. The van der Waals surface area contributed by atoms with E-state index >= 15 is 0 Å². The van der Waals surface area contributed by atoms with Crippen LogP contribution in [-0.4, -0.2) is 187 Å². The van der Waals surface area contributed by atoms with Gasteiger partial charge in [-0.25, -0.2) is 13.4 Å². The van der Waals surface area contributed by atoms with Gasteiger partial charge in [0.05, 0.1) is 66.9 Å². The van der Waals surface area contributed by atoms with Crippen LogP contribution in [0.4, 0.5) is 34.5 Å². The molecule has 21 heteroatoms. The highest BCUT2D eigenvalue weighted by atomic mass is 79.9. The van der Waals surface area contributed by atoms with E-state index in [4.69, 9.17) is 14.2 Å². The Balaban J connectivity index is 1.14. The Bertz CT molecular complexity index is 2130. The topological polar surface area (TPSA) is 198 Å². The fourth-order valence-electron chi connectivity index (χ4n) is 7.56. The zero-order chi connectivity index (χ0) is 45.1. The molecule has 0 aliphatic carbocycles. The van der Waals surface area contributed by atoms with Gasteiger partial charge in [0, 0.05) is 103 Å². The molecule has 63 heavy (non-hydrogen) atoms. The first-order valence-corrected chi connectivity index (χ1v) is 24.0. The predicted molar refractivity (Wildman–Crippen MR) is 248 cm³/mol. The lowest BCUT2D eigenvalue weighted by atomic mass is 10.0. The third-order valence-corrected chi connectivity index (χ3v) is 13.3. The number of benzene rings is 2. The van der Waals surface area contributed by atoms with Gasteiger partial charge in [0.25, 0.3) is 0 Å². The van der Waals surface area contributed by atoms with Crippen LogP contribution in [0.5, 0.6) is 17.2 Å². The van der Waals surface area contributed by atoms with Gasteiger partial charge in [-0.1, -0.05) is 0 Å². The van der Waals surface area contributed by atoms with E-state index in [-0.39, 0.29) is 35.3 Å². The molecule has 3 saturated heterocycles. The molecule has 3 aliphatic rings. The van der Waals surface area contributed by atoms with Crippen LogP contribution in [-0.2, 0) is 24.3 Å². The Morgan fingerprint density at radius 3 is 2.17 bits per heavy atom. The third kappa shape index (κ3) is 13.9. The van der Waals surface area contributed by atoms with E-state index in [9.17, 15) is 23.1 Å². The van der Waals surface area contributed by atoms with Gasteiger partial charge in [0.1, 0.15) is 23.1 Å². The molecule has 0 saturated carbocycles. The summed E-state index contributed by atoms with van der Waals surface area (Å²) in [6.07, 6.45) is 5.45. The number of anilines is 6. The van der Waals surface area contributed by atoms with Crippen molar-refractivity contribution >= 4 is 72.3 Å². The molecule has 0 atom stereocenters. The van der Waals surface area contributed by atoms with Crippen LogP contribution in [0.2, 0.25) is 0 Å². The summed E-state index contributed by atoms with van der Waals surface area (Å²) in [6, 6.07) is 8.19. The van der Waals surface area contributed by atoms with E-state index in [0.29, 0.717) is 85.4 Å². The minimum atomic E-state index is -3.65. The number of amides is 1. The van der Waals surface area contributed by atoms with Crippen molar-refractivity contribution in [2.75, 3.05) is 146 Å². The zero-order valence-electron chi connectivity index (χ0n) is 36.9. The highest BCUT2D eigenvalue weighted by Crippen LogP contribution is 2.41. The van der Waals surface area contributed by atoms with E-state index in [2.05, 4.69) is 80.4 Å². The number of ether oxygens (including phenoxy) is 3. The van der Waals surface area contributed by atoms with Gasteiger partial charge >= 0.3 is 5.97 Å². The first-order chi connectivity index (χ1) is 30.1. The van der Waals surface area contributed by atoms with Gasteiger partial charge in [-0.3, -0.25) is 23.7 Å². The number of methoxy groups -OCH3 is 1. The van der Waals surface area contributed by atoms with Crippen molar-refractivity contribution in [3.63, 3.8) is 0 Å². The van der Waals surface area contributed by atoms with Crippen molar-refractivity contribution < 1.29 is 37.3 Å². The Labute approximate surface area is 379 Å². The van der Waals surface area contributed by atoms with Crippen molar-refractivity contribution in [2.24, 2.45) is 0 Å². The number of sulfonamides is 1. The van der Waals surface area contributed by atoms with Crippen LogP contribution in [0.25, 0.3) is 0 Å². The van der Waals surface area contributed by atoms with E-state index < -0.39 is 10.0 Å². The molecular formula is C42H62BrN11O8S. The molecule has 1 amide bonds. The highest BCUT2D eigenvalue weighted by molar-refractivity contribution is 9.10. The molecule has 0 radical (unpaired) electrons. The molecular weight excluding hydrogens is 899 g/mol. The number of hydrogen-bond donors (Lipinski definition) is 4. The molecule has 1 aromatic heterocycles. The van der Waals surface area contributed by atoms with Crippen LogP contribution in [0.1, 0.15) is 25.7 Å². The number of hydrogen-bond acceptors (Lipinski definition) is 17. The lowest BCUT2D eigenvalue weighted by Crippen LogP contribution is -2.51. The summed E-state index contributed by atoms with van der Waals surface area (Å²) in [5.41, 5.74) is 1.98. The van der Waals surface area contributed by atoms with E-state index in [1.807, 2.05) is 12.1 Å². The van der Waals surface area contributed by atoms with Crippen molar-refractivity contribution in [1.82, 2.24) is 34.9 Å². The molecule has 0 spiro atoms. The number of aromatic nitrogens is 2. The molecule has 4 N–H and O–H groups in total. The molecule has 6 rings (SSSR count). The van der Waals surface area contributed by atoms with Gasteiger partial charge in [-0.2, -0.15) is 4.98 Å². The van der Waals surface area contributed by atoms with Crippen LogP contribution in [0, 0.1) is 0 Å². The van der Waals surface area contributed by atoms with Crippen LogP contribution < -0.4 is 34.6 Å². The number of rotatable bonds is 19. The number of likely N-dealkylation sites (N-methyl/N-ethyl adjacent to an activating group) is 2. The number of halogens is 1. The highest BCUT2D eigenvalue weighted by Gasteiger charge is 2.27. The Kier molecular flexibility index (Phi) is 16.9. The Morgan fingerprint density at radius 1 is 0.873 bits per heavy atom. The summed E-state index contributed by atoms with van der Waals surface area (Å²) in [5, 5.41) is 19.9. The third-order valence-electron chi connectivity index (χ3n) is 11.5. The maximum atomic E-state index is 13.0. The number of piperidine rings is 1. The van der Waals surface area contributed by atoms with Crippen molar-refractivity contribution in [3.8, 4) is 17.2 Å². The number of aromatic hydroxyl groups is 1. The molecule has 3 aliphatic heterocycles. The number of phenolic OH excluding ortho intramolecular Hbond substituents is 1. The monoisotopic (exact) mass is 959 g/mol. The molecule has 0 bridgehead atoms. The molecule has 0 unspecified atom stereocenters. The number of piperazine rings is 2. The lowest BCUT2D eigenvalue weighted by molar-refractivity contribution is -0.145. The largest absolute Gasteiger partial charge is 0.508 e. The second-order valence-electron chi connectivity index (χ2n) is 16.4. The van der Waals surface area contributed by atoms with Crippen molar-refractivity contribution in [2.45, 2.75) is 31.7 Å². The Hall–Kier alpha value is -4.67. The van der Waals surface area contributed by atoms with E-state index in [1.165, 1.54) is 19.2 Å². The van der Waals surface area contributed by atoms with E-state index in [0.717, 1.165) is 81.4 Å². The molecule has 3 aromatic rings. The zero-order valence-corrected chi connectivity index (χ0v) is 39.3. The number of esters is 1. The maximum Gasteiger partial charge on any atom is 0.320 e. The van der Waals surface area contributed by atoms with Gasteiger partial charge < -0.3 is 50.0 Å². The predicted octanol–water partition coefficient (Wildman–Crippen LogP) is 3.12. The van der Waals surface area contributed by atoms with Crippen LogP contribution in [0.3, 0.4) is 0 Å². The quantitative estimate of drug-likeness (QED) is 0.0777. The van der Waals surface area contributed by atoms with Crippen LogP contribution >= 0.6 is 15.9 Å². The standard InChI is InChI=1S/C42H62BrN11O8S/c1-49-14-18-52(19-15-49)28-39(56)45-30-10-12-54(13-11-30)36-26-37(60-4)34(25-38(36)61-22-6-7-23-62-40(57)29-53-20-16-50(2)17-21-53)47-42-44-27-32(43)41(48-42)46-33-9-8-31(55)24-35(33)51(3)63(5,58)59/h8-9,24-27,30,55H,6-7,10-23,28-29H2,1-5H3,(H,45,56)(H2,44,46,47,48). The fraction of sp³-hybridized carbons (Fsp3) is 0.571. The molecule has 4 heterocycles. The second-order valence-corrected chi connectivity index (χ2v) is 19.2. The first-order valence-electron chi connectivity index (χ1n) is 21.3. The van der Waals surface area contributed by atoms with Crippen molar-refractivity contribution in [1.29, 1.82) is 0 Å². The van der Waals surface area contributed by atoms with Gasteiger partial charge in [0.15, 0.2) is 0 Å². The second kappa shape index (κ2) is 22.3. The molecule has 3 fully saturated rings. The van der Waals surface area contributed by atoms with E-state index in [1.54, 1.807) is 19.4 Å². The number of phenols is 1. The fourth-order valence-corrected chi connectivity index (χ4v) is 8.36. The minimum Gasteiger partial charge on any atom is -0.508 e. The SMILES string of the molecule is COc1cc(N2CCC(NC(=O)CN3CCN(C)CC3)CC2)c(OCCCCOC(=O)CN2CCN(C)CC2)cc1Nc1ncc(Br)c(Nc2ccc(O)cc2N(C)S(C)(=O)=O)n1. The van der Waals surface area contributed by atoms with Gasteiger partial charge in [-0.05, 0) is 67.8 Å². The van der Waals surface area contributed by atoms with Crippen molar-refractivity contribution in [3.05, 3.63) is 41.0 Å². The normalized spacial score (nSPS) is 17.3. The summed E-state index contributed by atoms with van der Waals surface area (Å²) < 4.78 is 44.3. The van der Waals surface area contributed by atoms with Gasteiger partial charge in [-0.15, -0.1) is 0 Å². The summed E-state index contributed by atoms with van der Waals surface area (Å²) in [4.78, 5) is 45.7. The minimum absolute atomic E-state index is 0.0578. The first kappa shape index (κ1) is 47.8. The van der Waals surface area contributed by atoms with Gasteiger partial charge in [0.2, 0.25) is 21.9 Å². The summed E-state index contributed by atoms with van der Waals surface area (Å²) in [6.45, 7) is 10.0. The smallest absolute Gasteiger partial charge is 0.320 e. The average Bonchev–Trinajstić information content (AvgIpc) is 3.25. The summed E-state index contributed by atoms with van der Waals surface area (Å²) in [5.74, 6) is 1.40. The molecule has 19 nitrogen and oxygen atoms in total. The van der Waals surface area contributed by atoms with Crippen LogP contribution in [0.15, 0.2) is 41.0 Å². The number of nitrogens with zero attached hydrogens (tertiary/aromatic N) is 8. The Morgan fingerprint density at radius 2 is 1.52 bits per heavy atom. The maximum absolute atomic E-state index is 13.0. The number of unbranched alkanes of at least 4 members (excludes halogenated alkanes) is 1. The lowest BCUT2D eigenvalue weighted by Gasteiger charge is -2.36. The number of nitrogens with one attached hydrogen (secondary N) is 3. The average molecular weight is 961 g/mol. The summed E-state index contributed by atoms with van der Waals surface area (Å²) in [7, 11) is 3.51.